The summed E-state index contributed by atoms with van der Waals surface area (Å²) in [5.74, 6) is 0. The maximum Gasteiger partial charge on any atom is 0.0640 e. The molecule has 0 radical (unpaired) electrons. The average molecular weight is 273 g/mol. The lowest BCUT2D eigenvalue weighted by molar-refractivity contribution is 0.197. The largest absolute Gasteiger partial charge is 0.315 e. The molecule has 0 aliphatic carbocycles. The van der Waals surface area contributed by atoms with Crippen LogP contribution in [-0.4, -0.2) is 31.1 Å². The molecule has 1 fully saturated rings. The summed E-state index contributed by atoms with van der Waals surface area (Å²) >= 11 is 12.3. The van der Waals surface area contributed by atoms with Crippen LogP contribution in [0.25, 0.3) is 0 Å². The lowest BCUT2D eigenvalue weighted by atomic mass is 10.1. The minimum absolute atomic E-state index is 0.283. The number of rotatable bonds is 3. The van der Waals surface area contributed by atoms with Gasteiger partial charge in [0.2, 0.25) is 0 Å². The van der Waals surface area contributed by atoms with Gasteiger partial charge in [0, 0.05) is 18.6 Å². The molecule has 2 rings (SSSR count). The van der Waals surface area contributed by atoms with E-state index in [4.69, 9.17) is 23.2 Å². The Kier molecular flexibility index (Phi) is 4.31. The molecule has 1 N–H and O–H groups in total. The summed E-state index contributed by atoms with van der Waals surface area (Å²) in [6.45, 7) is 4.33. The van der Waals surface area contributed by atoms with Gasteiger partial charge in [-0.05, 0) is 38.6 Å². The van der Waals surface area contributed by atoms with E-state index in [1.165, 1.54) is 6.42 Å². The Morgan fingerprint density at radius 1 is 1.41 bits per heavy atom. The summed E-state index contributed by atoms with van der Waals surface area (Å²) in [5.41, 5.74) is 1.11. The zero-order chi connectivity index (χ0) is 12.4. The average Bonchev–Trinajstić information content (AvgIpc) is 2.84. The smallest absolute Gasteiger partial charge is 0.0640 e. The van der Waals surface area contributed by atoms with Crippen LogP contribution in [0.2, 0.25) is 10.0 Å². The van der Waals surface area contributed by atoms with Crippen molar-refractivity contribution < 1.29 is 0 Å². The van der Waals surface area contributed by atoms with Gasteiger partial charge in [-0.1, -0.05) is 35.3 Å². The second-order valence-electron chi connectivity index (χ2n) is 4.63. The van der Waals surface area contributed by atoms with E-state index < -0.39 is 0 Å². The quantitative estimate of drug-likeness (QED) is 0.908. The maximum atomic E-state index is 6.26. The monoisotopic (exact) mass is 272 g/mol. The second-order valence-corrected chi connectivity index (χ2v) is 5.42. The summed E-state index contributed by atoms with van der Waals surface area (Å²) < 4.78 is 0. The molecule has 2 atom stereocenters. The molecule has 1 aromatic rings. The Morgan fingerprint density at radius 3 is 2.82 bits per heavy atom. The highest BCUT2D eigenvalue weighted by Gasteiger charge is 2.25. The zero-order valence-corrected chi connectivity index (χ0v) is 11.7. The molecule has 0 bridgehead atoms. The molecule has 0 amide bonds. The van der Waals surface area contributed by atoms with Gasteiger partial charge in [0.25, 0.3) is 0 Å². The molecule has 0 spiro atoms. The molecule has 0 saturated carbocycles. The van der Waals surface area contributed by atoms with Crippen molar-refractivity contribution in [1.82, 2.24) is 10.2 Å². The highest BCUT2D eigenvalue weighted by Crippen LogP contribution is 2.33. The van der Waals surface area contributed by atoms with Crippen LogP contribution in [0.5, 0.6) is 0 Å². The number of benzene rings is 1. The van der Waals surface area contributed by atoms with Crippen molar-refractivity contribution in [3.05, 3.63) is 33.8 Å². The lowest BCUT2D eigenvalue weighted by Crippen LogP contribution is -2.35. The molecule has 2 nitrogen and oxygen atoms in total. The van der Waals surface area contributed by atoms with Crippen LogP contribution in [0, 0.1) is 0 Å². The Hall–Kier alpha value is -0.280. The second kappa shape index (κ2) is 5.57. The fraction of sp³-hybridized carbons (Fsp3) is 0.538. The third-order valence-corrected chi connectivity index (χ3v) is 4.49. The number of hydrogen-bond acceptors (Lipinski definition) is 2. The number of nitrogens with one attached hydrogen (secondary N) is 1. The van der Waals surface area contributed by atoms with Crippen molar-refractivity contribution in [2.45, 2.75) is 25.4 Å². The molecule has 94 valence electrons. The molecule has 1 aliphatic heterocycles. The van der Waals surface area contributed by atoms with Crippen LogP contribution in [0.1, 0.15) is 24.9 Å². The Bertz CT molecular complexity index is 389. The van der Waals surface area contributed by atoms with Gasteiger partial charge in [-0.15, -0.1) is 0 Å². The van der Waals surface area contributed by atoms with Gasteiger partial charge in [0.1, 0.15) is 0 Å². The van der Waals surface area contributed by atoms with Crippen LogP contribution < -0.4 is 5.32 Å². The zero-order valence-electron chi connectivity index (χ0n) is 10.2. The van der Waals surface area contributed by atoms with E-state index >= 15 is 0 Å². The Morgan fingerprint density at radius 2 is 2.18 bits per heavy atom. The first-order valence-electron chi connectivity index (χ1n) is 5.98. The van der Waals surface area contributed by atoms with Gasteiger partial charge in [0.15, 0.2) is 0 Å². The first-order chi connectivity index (χ1) is 8.11. The first-order valence-corrected chi connectivity index (χ1v) is 6.73. The maximum absolute atomic E-state index is 6.26. The van der Waals surface area contributed by atoms with Gasteiger partial charge in [-0.2, -0.15) is 0 Å². The third kappa shape index (κ3) is 2.76. The van der Waals surface area contributed by atoms with Gasteiger partial charge in [-0.3, -0.25) is 4.90 Å². The van der Waals surface area contributed by atoms with E-state index in [-0.39, 0.29) is 6.04 Å². The van der Waals surface area contributed by atoms with Crippen molar-refractivity contribution in [3.63, 3.8) is 0 Å². The summed E-state index contributed by atoms with van der Waals surface area (Å²) in [6.07, 6.45) is 1.19. The van der Waals surface area contributed by atoms with Crippen molar-refractivity contribution in [1.29, 1.82) is 0 Å². The van der Waals surface area contributed by atoms with Crippen molar-refractivity contribution in [2.75, 3.05) is 20.1 Å². The summed E-state index contributed by atoms with van der Waals surface area (Å²) in [6, 6.07) is 6.71. The SMILES string of the molecule is CC(c1cccc(Cl)c1Cl)N(C)C1CCNC1. The minimum atomic E-state index is 0.283. The molecule has 4 heteroatoms. The lowest BCUT2D eigenvalue weighted by Gasteiger charge is -2.31. The predicted molar refractivity (Wildman–Crippen MR) is 73.9 cm³/mol. The standard InChI is InChI=1S/C13H18Cl2N2/c1-9(17(2)10-6-7-16-8-10)11-4-3-5-12(14)13(11)15/h3-5,9-10,16H,6-8H2,1-2H3. The van der Waals surface area contributed by atoms with Gasteiger partial charge in [-0.25, -0.2) is 0 Å². The number of halogens is 2. The summed E-state index contributed by atoms with van der Waals surface area (Å²) in [4.78, 5) is 2.37. The van der Waals surface area contributed by atoms with E-state index in [0.717, 1.165) is 18.7 Å². The molecule has 2 unspecified atom stereocenters. The molecule has 1 heterocycles. The molecule has 1 aromatic carbocycles. The summed E-state index contributed by atoms with van der Waals surface area (Å²) in [5, 5.41) is 4.70. The van der Waals surface area contributed by atoms with Crippen LogP contribution in [0.3, 0.4) is 0 Å². The van der Waals surface area contributed by atoms with Crippen LogP contribution in [0.15, 0.2) is 18.2 Å². The van der Waals surface area contributed by atoms with Crippen molar-refractivity contribution in [3.8, 4) is 0 Å². The molecule has 17 heavy (non-hydrogen) atoms. The normalized spacial score (nSPS) is 22.1. The van der Waals surface area contributed by atoms with Crippen LogP contribution in [-0.2, 0) is 0 Å². The summed E-state index contributed by atoms with van der Waals surface area (Å²) in [7, 11) is 2.15. The van der Waals surface area contributed by atoms with Gasteiger partial charge >= 0.3 is 0 Å². The van der Waals surface area contributed by atoms with E-state index in [2.05, 4.69) is 30.3 Å². The highest BCUT2D eigenvalue weighted by molar-refractivity contribution is 6.42. The first kappa shape index (κ1) is 13.2. The molecule has 1 saturated heterocycles. The van der Waals surface area contributed by atoms with Gasteiger partial charge < -0.3 is 5.32 Å². The molecular weight excluding hydrogens is 255 g/mol. The van der Waals surface area contributed by atoms with Crippen molar-refractivity contribution >= 4 is 23.2 Å². The topological polar surface area (TPSA) is 15.3 Å². The number of hydrogen-bond donors (Lipinski definition) is 1. The number of likely N-dealkylation sites (N-methyl/N-ethyl adjacent to an activating group) is 1. The van der Waals surface area contributed by atoms with E-state index in [1.54, 1.807) is 0 Å². The molecular formula is C13H18Cl2N2. The molecule has 0 aromatic heterocycles. The van der Waals surface area contributed by atoms with E-state index in [9.17, 15) is 0 Å². The highest BCUT2D eigenvalue weighted by atomic mass is 35.5. The Labute approximate surface area is 113 Å². The fourth-order valence-corrected chi connectivity index (χ4v) is 2.83. The van der Waals surface area contributed by atoms with E-state index in [1.807, 2.05) is 12.1 Å². The van der Waals surface area contributed by atoms with Gasteiger partial charge in [0.05, 0.1) is 10.0 Å². The number of nitrogens with zero attached hydrogens (tertiary/aromatic N) is 1. The van der Waals surface area contributed by atoms with Crippen molar-refractivity contribution in [2.24, 2.45) is 0 Å². The molecule has 1 aliphatic rings. The van der Waals surface area contributed by atoms with Crippen LogP contribution in [0.4, 0.5) is 0 Å². The van der Waals surface area contributed by atoms with Crippen LogP contribution >= 0.6 is 23.2 Å². The van der Waals surface area contributed by atoms with E-state index in [0.29, 0.717) is 16.1 Å². The third-order valence-electron chi connectivity index (χ3n) is 3.65. The Balaban J connectivity index is 2.18. The fourth-order valence-electron chi connectivity index (χ4n) is 2.37. The minimum Gasteiger partial charge on any atom is -0.315 e. The predicted octanol–water partition coefficient (Wildman–Crippen LogP) is 3.35.